The molecule has 0 atom stereocenters. The van der Waals surface area contributed by atoms with Crippen LogP contribution in [0.5, 0.6) is 0 Å². The van der Waals surface area contributed by atoms with Gasteiger partial charge in [-0.2, -0.15) is 5.26 Å². The smallest absolute Gasteiger partial charge is 0.314 e. The first kappa shape index (κ1) is 14.3. The summed E-state index contributed by atoms with van der Waals surface area (Å²) in [5, 5.41) is 18.5. The van der Waals surface area contributed by atoms with E-state index in [1.165, 1.54) is 0 Å². The van der Waals surface area contributed by atoms with Crippen LogP contribution in [0.1, 0.15) is 43.2 Å². The summed E-state index contributed by atoms with van der Waals surface area (Å²) in [6.45, 7) is 3.76. The van der Waals surface area contributed by atoms with Gasteiger partial charge in [0.2, 0.25) is 0 Å². The monoisotopic (exact) mass is 269 g/mol. The van der Waals surface area contributed by atoms with Crippen LogP contribution < -0.4 is 0 Å². The topological polar surface area (TPSA) is 61.1 Å². The molecule has 0 heterocycles. The maximum absolute atomic E-state index is 11.8. The van der Waals surface area contributed by atoms with E-state index >= 15 is 0 Å². The lowest BCUT2D eigenvalue weighted by Gasteiger charge is -2.37. The van der Waals surface area contributed by atoms with E-state index in [1.807, 2.05) is 6.08 Å². The van der Waals surface area contributed by atoms with Crippen LogP contribution in [0, 0.1) is 17.2 Å². The third kappa shape index (κ3) is 2.60. The van der Waals surface area contributed by atoms with Crippen LogP contribution in [0.4, 0.5) is 0 Å². The SMILES string of the molecule is C=CCC1CCC(C(=O)O)(c2ccc(C#N)cc2)CC1. The van der Waals surface area contributed by atoms with Crippen molar-refractivity contribution in [2.45, 2.75) is 37.5 Å². The molecule has 0 unspecified atom stereocenters. The predicted molar refractivity (Wildman–Crippen MR) is 77.2 cm³/mol. The van der Waals surface area contributed by atoms with Crippen LogP contribution in [0.15, 0.2) is 36.9 Å². The fourth-order valence-corrected chi connectivity index (χ4v) is 3.13. The minimum atomic E-state index is -0.786. The van der Waals surface area contributed by atoms with Gasteiger partial charge in [-0.05, 0) is 55.7 Å². The Hall–Kier alpha value is -2.08. The zero-order chi connectivity index (χ0) is 14.6. The molecule has 1 N–H and O–H groups in total. The van der Waals surface area contributed by atoms with Crippen molar-refractivity contribution in [3.63, 3.8) is 0 Å². The van der Waals surface area contributed by atoms with Gasteiger partial charge in [-0.25, -0.2) is 0 Å². The van der Waals surface area contributed by atoms with Crippen molar-refractivity contribution in [2.24, 2.45) is 5.92 Å². The second-order valence-corrected chi connectivity index (χ2v) is 5.54. The molecule has 1 fully saturated rings. The highest BCUT2D eigenvalue weighted by molar-refractivity contribution is 5.81. The lowest BCUT2D eigenvalue weighted by atomic mass is 9.66. The minimum Gasteiger partial charge on any atom is -0.481 e. The normalized spacial score (nSPS) is 25.6. The fourth-order valence-electron chi connectivity index (χ4n) is 3.13. The summed E-state index contributed by atoms with van der Waals surface area (Å²) in [5.74, 6) is -0.197. The minimum absolute atomic E-state index is 0.554. The summed E-state index contributed by atoms with van der Waals surface area (Å²) < 4.78 is 0. The van der Waals surface area contributed by atoms with Gasteiger partial charge in [0.05, 0.1) is 17.0 Å². The molecule has 1 saturated carbocycles. The summed E-state index contributed by atoms with van der Waals surface area (Å²) in [6, 6.07) is 9.06. The van der Waals surface area contributed by atoms with Crippen LogP contribution in [-0.2, 0) is 10.2 Å². The molecule has 0 aromatic heterocycles. The maximum Gasteiger partial charge on any atom is 0.314 e. The summed E-state index contributed by atoms with van der Waals surface area (Å²) in [5.41, 5.74) is 0.599. The molecule has 2 rings (SSSR count). The molecule has 104 valence electrons. The molecule has 1 aromatic rings. The Labute approximate surface area is 119 Å². The molecule has 1 aliphatic rings. The van der Waals surface area contributed by atoms with Gasteiger partial charge < -0.3 is 5.11 Å². The van der Waals surface area contributed by atoms with E-state index in [4.69, 9.17) is 5.26 Å². The highest BCUT2D eigenvalue weighted by atomic mass is 16.4. The number of nitrogens with zero attached hydrogens (tertiary/aromatic N) is 1. The molecule has 0 aliphatic heterocycles. The molecule has 0 radical (unpaired) electrons. The highest BCUT2D eigenvalue weighted by Gasteiger charge is 2.43. The van der Waals surface area contributed by atoms with Crippen LogP contribution in [0.25, 0.3) is 0 Å². The molecule has 0 spiro atoms. The van der Waals surface area contributed by atoms with Gasteiger partial charge in [-0.15, -0.1) is 6.58 Å². The maximum atomic E-state index is 11.8. The quantitative estimate of drug-likeness (QED) is 0.849. The van der Waals surface area contributed by atoms with Crippen LogP contribution in [-0.4, -0.2) is 11.1 Å². The molecule has 3 nitrogen and oxygen atoms in total. The number of nitriles is 1. The van der Waals surface area contributed by atoms with Crippen molar-refractivity contribution in [3.8, 4) is 6.07 Å². The molecular formula is C17H19NO2. The van der Waals surface area contributed by atoms with Gasteiger partial charge in [0.1, 0.15) is 0 Å². The number of carboxylic acid groups (broad SMARTS) is 1. The number of aliphatic carboxylic acids is 1. The lowest BCUT2D eigenvalue weighted by Crippen LogP contribution is -2.39. The Balaban J connectivity index is 2.25. The van der Waals surface area contributed by atoms with Crippen LogP contribution in [0.2, 0.25) is 0 Å². The number of hydrogen-bond acceptors (Lipinski definition) is 2. The molecule has 1 aliphatic carbocycles. The Morgan fingerprint density at radius 2 is 2.00 bits per heavy atom. The number of carboxylic acids is 1. The summed E-state index contributed by atoms with van der Waals surface area (Å²) in [7, 11) is 0. The number of benzene rings is 1. The van der Waals surface area contributed by atoms with Crippen LogP contribution >= 0.6 is 0 Å². The van der Waals surface area contributed by atoms with E-state index < -0.39 is 11.4 Å². The van der Waals surface area contributed by atoms with Crippen LogP contribution in [0.3, 0.4) is 0 Å². The number of allylic oxidation sites excluding steroid dienone is 1. The predicted octanol–water partition coefficient (Wildman–Crippen LogP) is 3.65. The third-order valence-corrected chi connectivity index (χ3v) is 4.43. The van der Waals surface area contributed by atoms with Crippen molar-refractivity contribution in [1.29, 1.82) is 5.26 Å². The van der Waals surface area contributed by atoms with Gasteiger partial charge >= 0.3 is 5.97 Å². The highest BCUT2D eigenvalue weighted by Crippen LogP contribution is 2.42. The number of rotatable bonds is 4. The standard InChI is InChI=1S/C17H19NO2/c1-2-3-13-8-10-17(11-9-13,16(19)20)15-6-4-14(12-18)5-7-15/h2,4-7,13H,1,3,8-11H2,(H,19,20). The first-order valence-corrected chi connectivity index (χ1v) is 6.97. The molecule has 0 amide bonds. The van der Waals surface area contributed by atoms with E-state index in [-0.39, 0.29) is 0 Å². The van der Waals surface area contributed by atoms with E-state index in [2.05, 4.69) is 12.6 Å². The largest absolute Gasteiger partial charge is 0.481 e. The molecule has 0 bridgehead atoms. The zero-order valence-corrected chi connectivity index (χ0v) is 11.5. The van der Waals surface area contributed by atoms with E-state index in [9.17, 15) is 9.90 Å². The molecular weight excluding hydrogens is 250 g/mol. The number of hydrogen-bond donors (Lipinski definition) is 1. The average molecular weight is 269 g/mol. The summed E-state index contributed by atoms with van der Waals surface area (Å²) in [6.07, 6.45) is 6.03. The van der Waals surface area contributed by atoms with Crippen molar-refractivity contribution in [1.82, 2.24) is 0 Å². The zero-order valence-electron chi connectivity index (χ0n) is 11.5. The summed E-state index contributed by atoms with van der Waals surface area (Å²) in [4.78, 5) is 11.8. The Bertz CT molecular complexity index is 531. The van der Waals surface area contributed by atoms with Gasteiger partial charge in [0.15, 0.2) is 0 Å². The molecule has 3 heteroatoms. The second-order valence-electron chi connectivity index (χ2n) is 5.54. The second kappa shape index (κ2) is 5.92. The van der Waals surface area contributed by atoms with Crippen molar-refractivity contribution >= 4 is 5.97 Å². The van der Waals surface area contributed by atoms with E-state index in [0.29, 0.717) is 24.3 Å². The fraction of sp³-hybridized carbons (Fsp3) is 0.412. The van der Waals surface area contributed by atoms with Gasteiger partial charge in [0, 0.05) is 0 Å². The average Bonchev–Trinajstić information content (AvgIpc) is 2.48. The third-order valence-electron chi connectivity index (χ3n) is 4.43. The lowest BCUT2D eigenvalue weighted by molar-refractivity contribution is -0.145. The van der Waals surface area contributed by atoms with Gasteiger partial charge in [-0.3, -0.25) is 4.79 Å². The van der Waals surface area contributed by atoms with Gasteiger partial charge in [-0.1, -0.05) is 18.2 Å². The number of carbonyl (C=O) groups is 1. The Morgan fingerprint density at radius 3 is 2.45 bits per heavy atom. The van der Waals surface area contributed by atoms with E-state index in [1.54, 1.807) is 24.3 Å². The van der Waals surface area contributed by atoms with E-state index in [0.717, 1.165) is 24.8 Å². The van der Waals surface area contributed by atoms with Crippen molar-refractivity contribution < 1.29 is 9.90 Å². The molecule has 0 saturated heterocycles. The first-order chi connectivity index (χ1) is 9.62. The van der Waals surface area contributed by atoms with Crippen molar-refractivity contribution in [2.75, 3.05) is 0 Å². The van der Waals surface area contributed by atoms with Gasteiger partial charge in [0.25, 0.3) is 0 Å². The Morgan fingerprint density at radius 1 is 1.40 bits per heavy atom. The molecule has 20 heavy (non-hydrogen) atoms. The molecule has 1 aromatic carbocycles. The summed E-state index contributed by atoms with van der Waals surface area (Å²) >= 11 is 0. The van der Waals surface area contributed by atoms with Crippen molar-refractivity contribution in [3.05, 3.63) is 48.0 Å². The Kier molecular flexibility index (Phi) is 4.24. The first-order valence-electron chi connectivity index (χ1n) is 6.97.